The lowest BCUT2D eigenvalue weighted by molar-refractivity contribution is -0.127. The second-order valence-electron chi connectivity index (χ2n) is 5.18. The summed E-state index contributed by atoms with van der Waals surface area (Å²) < 4.78 is 12.7. The van der Waals surface area contributed by atoms with Gasteiger partial charge in [-0.3, -0.25) is 9.59 Å². The molecule has 0 aromatic heterocycles. The van der Waals surface area contributed by atoms with Gasteiger partial charge in [0.15, 0.2) is 5.78 Å². The molecule has 0 N–H and O–H groups in total. The van der Waals surface area contributed by atoms with Crippen LogP contribution in [0.2, 0.25) is 0 Å². The number of likely N-dealkylation sites (tertiary alicyclic amines) is 1. The molecule has 0 saturated carbocycles. The molecule has 1 heterocycles. The van der Waals surface area contributed by atoms with Gasteiger partial charge in [-0.1, -0.05) is 6.92 Å². The molecule has 0 spiro atoms. The summed E-state index contributed by atoms with van der Waals surface area (Å²) in [6, 6.07) is 5.58. The molecule has 2 rings (SSSR count). The van der Waals surface area contributed by atoms with Gasteiger partial charge < -0.3 is 4.90 Å². The quantitative estimate of drug-likeness (QED) is 0.766. The number of benzene rings is 1. The van der Waals surface area contributed by atoms with E-state index in [0.29, 0.717) is 37.3 Å². The van der Waals surface area contributed by atoms with Gasteiger partial charge in [-0.15, -0.1) is 0 Å². The summed E-state index contributed by atoms with van der Waals surface area (Å²) in [4.78, 5) is 25.2. The van der Waals surface area contributed by atoms with Crippen molar-refractivity contribution in [3.8, 4) is 0 Å². The van der Waals surface area contributed by atoms with Crippen LogP contribution < -0.4 is 0 Å². The topological polar surface area (TPSA) is 37.4 Å². The fourth-order valence-electron chi connectivity index (χ4n) is 2.40. The smallest absolute Gasteiger partial charge is 0.222 e. The zero-order chi connectivity index (χ0) is 13.8. The maximum Gasteiger partial charge on any atom is 0.222 e. The minimum atomic E-state index is -0.340. The van der Waals surface area contributed by atoms with E-state index in [-0.39, 0.29) is 17.5 Å². The molecule has 3 nitrogen and oxygen atoms in total. The molecule has 0 bridgehead atoms. The van der Waals surface area contributed by atoms with Crippen molar-refractivity contribution in [2.45, 2.75) is 26.2 Å². The van der Waals surface area contributed by atoms with Crippen molar-refractivity contribution in [1.82, 2.24) is 4.90 Å². The van der Waals surface area contributed by atoms with Crippen LogP contribution in [0.25, 0.3) is 0 Å². The Labute approximate surface area is 112 Å². The molecule has 1 saturated heterocycles. The van der Waals surface area contributed by atoms with Crippen LogP contribution in [-0.4, -0.2) is 29.7 Å². The van der Waals surface area contributed by atoms with Crippen LogP contribution in [0.5, 0.6) is 0 Å². The highest BCUT2D eigenvalue weighted by Crippen LogP contribution is 2.17. The van der Waals surface area contributed by atoms with E-state index in [1.165, 1.54) is 24.3 Å². The van der Waals surface area contributed by atoms with Gasteiger partial charge >= 0.3 is 0 Å². The Morgan fingerprint density at radius 3 is 2.63 bits per heavy atom. The summed E-state index contributed by atoms with van der Waals surface area (Å²) in [5, 5.41) is 0. The summed E-state index contributed by atoms with van der Waals surface area (Å²) in [6.07, 6.45) is 1.67. The van der Waals surface area contributed by atoms with Crippen molar-refractivity contribution < 1.29 is 14.0 Å². The first kappa shape index (κ1) is 13.7. The van der Waals surface area contributed by atoms with Gasteiger partial charge in [-0.2, -0.15) is 0 Å². The number of hydrogen-bond acceptors (Lipinski definition) is 2. The van der Waals surface area contributed by atoms with E-state index in [1.807, 2.05) is 4.90 Å². The van der Waals surface area contributed by atoms with Crippen LogP contribution >= 0.6 is 0 Å². The molecule has 1 unspecified atom stereocenters. The van der Waals surface area contributed by atoms with Crippen molar-refractivity contribution in [1.29, 1.82) is 0 Å². The molecule has 102 valence electrons. The van der Waals surface area contributed by atoms with Crippen LogP contribution in [0.15, 0.2) is 24.3 Å². The highest BCUT2D eigenvalue weighted by atomic mass is 19.1. The fourth-order valence-corrected chi connectivity index (χ4v) is 2.40. The lowest BCUT2D eigenvalue weighted by Gasteiger charge is -2.15. The van der Waals surface area contributed by atoms with Gasteiger partial charge in [0.2, 0.25) is 5.91 Å². The van der Waals surface area contributed by atoms with Crippen molar-refractivity contribution in [3.05, 3.63) is 35.6 Å². The number of halogens is 1. The number of ketones is 1. The molecule has 1 aromatic carbocycles. The van der Waals surface area contributed by atoms with Crippen molar-refractivity contribution >= 4 is 11.7 Å². The molecule has 1 fully saturated rings. The van der Waals surface area contributed by atoms with Crippen LogP contribution in [0.4, 0.5) is 4.39 Å². The summed E-state index contributed by atoms with van der Waals surface area (Å²) in [5.41, 5.74) is 0.530. The molecule has 0 aliphatic carbocycles. The number of hydrogen-bond donors (Lipinski definition) is 0. The Hall–Kier alpha value is -1.71. The molecule has 1 aromatic rings. The SMILES string of the molecule is CC1CC(=O)N(CCCC(=O)c2ccc(F)cc2)C1. The third kappa shape index (κ3) is 3.63. The maximum atomic E-state index is 12.7. The molecular weight excluding hydrogens is 245 g/mol. The monoisotopic (exact) mass is 263 g/mol. The highest BCUT2D eigenvalue weighted by Gasteiger charge is 2.25. The fraction of sp³-hybridized carbons (Fsp3) is 0.467. The third-order valence-corrected chi connectivity index (χ3v) is 3.41. The highest BCUT2D eigenvalue weighted by molar-refractivity contribution is 5.96. The molecule has 1 aliphatic heterocycles. The molecular formula is C15H18FNO2. The number of carbonyl (C=O) groups excluding carboxylic acids is 2. The summed E-state index contributed by atoms with van der Waals surface area (Å²) in [6.45, 7) is 3.49. The van der Waals surface area contributed by atoms with Gasteiger partial charge in [-0.05, 0) is 36.6 Å². The van der Waals surface area contributed by atoms with Gasteiger partial charge in [0.05, 0.1) is 0 Å². The summed E-state index contributed by atoms with van der Waals surface area (Å²) in [5.74, 6) is 0.259. The minimum Gasteiger partial charge on any atom is -0.342 e. The average molecular weight is 263 g/mol. The zero-order valence-corrected chi connectivity index (χ0v) is 11.1. The van der Waals surface area contributed by atoms with Gasteiger partial charge in [0.25, 0.3) is 0 Å². The largest absolute Gasteiger partial charge is 0.342 e. The number of carbonyl (C=O) groups is 2. The Bertz CT molecular complexity index is 470. The summed E-state index contributed by atoms with van der Waals surface area (Å²) in [7, 11) is 0. The third-order valence-electron chi connectivity index (χ3n) is 3.41. The number of Topliss-reactive ketones (excluding diaryl/α,β-unsaturated/α-hetero) is 1. The van der Waals surface area contributed by atoms with E-state index in [4.69, 9.17) is 0 Å². The lowest BCUT2D eigenvalue weighted by atomic mass is 10.1. The number of rotatable bonds is 5. The zero-order valence-electron chi connectivity index (χ0n) is 11.1. The van der Waals surface area contributed by atoms with Gasteiger partial charge in [-0.25, -0.2) is 4.39 Å². The normalized spacial score (nSPS) is 18.9. The van der Waals surface area contributed by atoms with Crippen LogP contribution in [0.3, 0.4) is 0 Å². The van der Waals surface area contributed by atoms with E-state index < -0.39 is 0 Å². The molecule has 1 amide bonds. The Morgan fingerprint density at radius 1 is 1.37 bits per heavy atom. The van der Waals surface area contributed by atoms with Crippen molar-refractivity contribution in [2.75, 3.05) is 13.1 Å². The number of amides is 1. The standard InChI is InChI=1S/C15H18FNO2/c1-11-9-15(19)17(10-11)8-2-3-14(18)12-4-6-13(16)7-5-12/h4-7,11H,2-3,8-10H2,1H3. The number of nitrogens with zero attached hydrogens (tertiary/aromatic N) is 1. The van der Waals surface area contributed by atoms with E-state index in [1.54, 1.807) is 0 Å². The van der Waals surface area contributed by atoms with Crippen LogP contribution in [0, 0.1) is 11.7 Å². The predicted octanol–water partition coefficient (Wildman–Crippen LogP) is 2.66. The maximum absolute atomic E-state index is 12.7. The molecule has 4 heteroatoms. The average Bonchev–Trinajstić information content (AvgIpc) is 2.68. The van der Waals surface area contributed by atoms with Crippen LogP contribution in [-0.2, 0) is 4.79 Å². The molecule has 19 heavy (non-hydrogen) atoms. The minimum absolute atomic E-state index is 0.000283. The van der Waals surface area contributed by atoms with E-state index >= 15 is 0 Å². The second kappa shape index (κ2) is 5.95. The van der Waals surface area contributed by atoms with Gasteiger partial charge in [0.1, 0.15) is 5.82 Å². The Kier molecular flexibility index (Phi) is 4.30. The molecule has 1 aliphatic rings. The van der Waals surface area contributed by atoms with Crippen LogP contribution in [0.1, 0.15) is 36.5 Å². The van der Waals surface area contributed by atoms with Crippen molar-refractivity contribution in [2.24, 2.45) is 5.92 Å². The predicted molar refractivity (Wildman–Crippen MR) is 70.3 cm³/mol. The van der Waals surface area contributed by atoms with E-state index in [9.17, 15) is 14.0 Å². The van der Waals surface area contributed by atoms with E-state index in [0.717, 1.165) is 6.54 Å². The summed E-state index contributed by atoms with van der Waals surface area (Å²) >= 11 is 0. The Balaban J connectivity index is 1.78. The second-order valence-corrected chi connectivity index (χ2v) is 5.18. The molecule has 0 radical (unpaired) electrons. The van der Waals surface area contributed by atoms with Gasteiger partial charge in [0, 0.05) is 31.5 Å². The first-order valence-corrected chi connectivity index (χ1v) is 6.63. The van der Waals surface area contributed by atoms with Crippen molar-refractivity contribution in [3.63, 3.8) is 0 Å². The molecule has 1 atom stereocenters. The Morgan fingerprint density at radius 2 is 2.05 bits per heavy atom. The van der Waals surface area contributed by atoms with E-state index in [2.05, 4.69) is 6.92 Å². The first-order chi connectivity index (χ1) is 9.06. The lowest BCUT2D eigenvalue weighted by Crippen LogP contribution is -2.26. The first-order valence-electron chi connectivity index (χ1n) is 6.63.